The minimum Gasteiger partial charge on any atom is -0.726 e. The van der Waals surface area contributed by atoms with Gasteiger partial charge in [-0.25, -0.2) is 8.42 Å². The standard InChI is InChI=1S/C8H23N3P.H2O4S/c1-8-12(9(2)3,10(4)5)11(6)7;1-5(2,3)4/h8H2,1-7H3;(H2,1,2,3,4)/q+1;/p-1. The Bertz CT molecular complexity index is 276. The Balaban J connectivity index is 0. The molecule has 7 nitrogen and oxygen atoms in total. The summed E-state index contributed by atoms with van der Waals surface area (Å²) in [5.74, 6) is 0. The molecule has 9 heteroatoms. The van der Waals surface area contributed by atoms with Gasteiger partial charge in [0.15, 0.2) is 0 Å². The van der Waals surface area contributed by atoms with E-state index >= 15 is 0 Å². The van der Waals surface area contributed by atoms with Gasteiger partial charge >= 0.3 is 0 Å². The maximum atomic E-state index is 8.63. The minimum absolute atomic E-state index is 1.19. The van der Waals surface area contributed by atoms with E-state index in [1.807, 2.05) is 0 Å². The summed E-state index contributed by atoms with van der Waals surface area (Å²) in [7, 11) is 6.87. The number of rotatable bonds is 4. The SMILES string of the molecule is CC[P+](N(C)C)(N(C)C)N(C)C.O=S(=O)([O-])O. The summed E-state index contributed by atoms with van der Waals surface area (Å²) in [5.41, 5.74) is 0. The third-order valence-electron chi connectivity index (χ3n) is 2.35. The van der Waals surface area contributed by atoms with E-state index in [2.05, 4.69) is 63.2 Å². The third kappa shape index (κ3) is 7.25. The van der Waals surface area contributed by atoms with Crippen LogP contribution < -0.4 is 0 Å². The highest BCUT2D eigenvalue weighted by molar-refractivity contribution is 7.79. The van der Waals surface area contributed by atoms with Crippen LogP contribution in [0.2, 0.25) is 0 Å². The molecule has 0 radical (unpaired) electrons. The molecule has 0 heterocycles. The molecule has 1 N–H and O–H groups in total. The molecule has 0 aromatic heterocycles. The van der Waals surface area contributed by atoms with Crippen LogP contribution in [0, 0.1) is 0 Å². The van der Waals surface area contributed by atoms with Gasteiger partial charge in [0.05, 0.1) is 0 Å². The van der Waals surface area contributed by atoms with Gasteiger partial charge < -0.3 is 4.55 Å². The van der Waals surface area contributed by atoms with E-state index in [1.54, 1.807) is 0 Å². The molecular weight excluding hydrogens is 265 g/mol. The van der Waals surface area contributed by atoms with Crippen LogP contribution in [0.25, 0.3) is 0 Å². The van der Waals surface area contributed by atoms with E-state index in [0.29, 0.717) is 0 Å². The molecule has 0 amide bonds. The minimum atomic E-state index is -4.92. The van der Waals surface area contributed by atoms with Crippen LogP contribution in [0.3, 0.4) is 0 Å². The molecule has 17 heavy (non-hydrogen) atoms. The topological polar surface area (TPSA) is 87.2 Å². The second-order valence-corrected chi connectivity index (χ2v) is 9.25. The van der Waals surface area contributed by atoms with Crippen molar-refractivity contribution in [3.05, 3.63) is 0 Å². The highest BCUT2D eigenvalue weighted by Crippen LogP contribution is 2.62. The van der Waals surface area contributed by atoms with Crippen LogP contribution in [0.1, 0.15) is 6.92 Å². The van der Waals surface area contributed by atoms with Crippen molar-refractivity contribution in [3.63, 3.8) is 0 Å². The molecule has 0 rings (SSSR count). The van der Waals surface area contributed by atoms with Crippen molar-refractivity contribution in [2.75, 3.05) is 48.4 Å². The smallest absolute Gasteiger partial charge is 0.225 e. The van der Waals surface area contributed by atoms with Crippen molar-refractivity contribution in [2.45, 2.75) is 6.92 Å². The normalized spacial score (nSPS) is 12.9. The summed E-state index contributed by atoms with van der Waals surface area (Å²) < 4.78 is 39.9. The van der Waals surface area contributed by atoms with Gasteiger partial charge in [-0.15, -0.1) is 0 Å². The van der Waals surface area contributed by atoms with Crippen molar-refractivity contribution in [2.24, 2.45) is 0 Å². The average molecular weight is 289 g/mol. The molecule has 0 aliphatic heterocycles. The Labute approximate surface area is 105 Å². The maximum Gasteiger partial charge on any atom is 0.225 e. The van der Waals surface area contributed by atoms with E-state index in [9.17, 15) is 0 Å². The van der Waals surface area contributed by atoms with Crippen LogP contribution in [0.4, 0.5) is 0 Å². The van der Waals surface area contributed by atoms with Crippen LogP contribution in [0.5, 0.6) is 0 Å². The van der Waals surface area contributed by atoms with Gasteiger partial charge in [0.2, 0.25) is 18.1 Å². The highest BCUT2D eigenvalue weighted by Gasteiger charge is 2.45. The summed E-state index contributed by atoms with van der Waals surface area (Å²) >= 11 is 0. The Morgan fingerprint density at radius 3 is 1.18 bits per heavy atom. The van der Waals surface area contributed by atoms with Crippen LogP contribution in [-0.2, 0) is 10.4 Å². The molecule has 0 aromatic carbocycles. The number of hydrogen-bond donors (Lipinski definition) is 1. The fourth-order valence-corrected chi connectivity index (χ4v) is 5.77. The van der Waals surface area contributed by atoms with Crippen LogP contribution >= 0.6 is 7.71 Å². The van der Waals surface area contributed by atoms with Crippen LogP contribution in [0.15, 0.2) is 0 Å². The molecular formula is C8H24N3O4PS. The zero-order valence-electron chi connectivity index (χ0n) is 11.6. The Kier molecular flexibility index (Phi) is 8.70. The van der Waals surface area contributed by atoms with Gasteiger partial charge in [-0.3, -0.25) is 4.55 Å². The van der Waals surface area contributed by atoms with Crippen LogP contribution in [-0.4, -0.2) is 80.0 Å². The van der Waals surface area contributed by atoms with Gasteiger partial charge in [-0.2, -0.15) is 14.0 Å². The average Bonchev–Trinajstić information content (AvgIpc) is 1.99. The fourth-order valence-electron chi connectivity index (χ4n) is 1.92. The summed E-state index contributed by atoms with van der Waals surface area (Å²) in [6, 6.07) is 0. The van der Waals surface area contributed by atoms with E-state index in [-0.39, 0.29) is 0 Å². The second-order valence-electron chi connectivity index (χ2n) is 3.98. The largest absolute Gasteiger partial charge is 0.726 e. The summed E-state index contributed by atoms with van der Waals surface area (Å²) in [5, 5.41) is 0. The van der Waals surface area contributed by atoms with E-state index in [4.69, 9.17) is 17.5 Å². The van der Waals surface area contributed by atoms with E-state index < -0.39 is 18.1 Å². The zero-order valence-corrected chi connectivity index (χ0v) is 13.3. The first-order chi connectivity index (χ1) is 7.39. The van der Waals surface area contributed by atoms with E-state index in [1.165, 1.54) is 6.16 Å². The highest BCUT2D eigenvalue weighted by atomic mass is 32.3. The van der Waals surface area contributed by atoms with Crippen molar-refractivity contribution in [3.8, 4) is 0 Å². The van der Waals surface area contributed by atoms with Gasteiger partial charge in [0.25, 0.3) is 0 Å². The monoisotopic (exact) mass is 289 g/mol. The third-order valence-corrected chi connectivity index (χ3v) is 7.04. The van der Waals surface area contributed by atoms with Gasteiger partial charge in [-0.05, 0) is 6.92 Å². The molecule has 0 aliphatic carbocycles. The molecule has 0 aliphatic rings. The van der Waals surface area contributed by atoms with Crippen molar-refractivity contribution in [1.29, 1.82) is 0 Å². The molecule has 0 aromatic rings. The lowest BCUT2D eigenvalue weighted by atomic mass is 11.0. The fraction of sp³-hybridized carbons (Fsp3) is 1.00. The Hall–Kier alpha value is 0.180. The predicted molar refractivity (Wildman–Crippen MR) is 70.8 cm³/mol. The van der Waals surface area contributed by atoms with Crippen molar-refractivity contribution >= 4 is 18.1 Å². The molecule has 0 fully saturated rings. The summed E-state index contributed by atoms with van der Waals surface area (Å²) in [6.45, 7) is 2.26. The zero-order chi connectivity index (χ0) is 14.4. The maximum absolute atomic E-state index is 8.63. The van der Waals surface area contributed by atoms with Gasteiger partial charge in [0.1, 0.15) is 6.16 Å². The molecule has 0 atom stereocenters. The lowest BCUT2D eigenvalue weighted by molar-refractivity contribution is 0.366. The number of nitrogens with zero attached hydrogens (tertiary/aromatic N) is 3. The number of hydrogen-bond acceptors (Lipinski definition) is 6. The molecule has 0 bridgehead atoms. The second kappa shape index (κ2) is 7.58. The quantitative estimate of drug-likeness (QED) is 0.457. The molecule has 0 unspecified atom stereocenters. The van der Waals surface area contributed by atoms with Crippen molar-refractivity contribution < 1.29 is 17.5 Å². The lowest BCUT2D eigenvalue weighted by Crippen LogP contribution is -2.37. The van der Waals surface area contributed by atoms with Gasteiger partial charge in [0, 0.05) is 42.3 Å². The molecule has 106 valence electrons. The van der Waals surface area contributed by atoms with Gasteiger partial charge in [-0.1, -0.05) is 0 Å². The Morgan fingerprint density at radius 2 is 1.18 bits per heavy atom. The molecule has 0 saturated carbocycles. The summed E-state index contributed by atoms with van der Waals surface area (Å²) in [4.78, 5) is 0. The summed E-state index contributed by atoms with van der Waals surface area (Å²) in [6.07, 6.45) is 1.19. The van der Waals surface area contributed by atoms with Crippen molar-refractivity contribution in [1.82, 2.24) is 14.0 Å². The lowest BCUT2D eigenvalue weighted by Gasteiger charge is -2.39. The predicted octanol–water partition coefficient (Wildman–Crippen LogP) is 0.458. The Morgan fingerprint density at radius 1 is 1.00 bits per heavy atom. The molecule has 0 saturated heterocycles. The first kappa shape index (κ1) is 19.5. The first-order valence-corrected chi connectivity index (χ1v) is 8.19. The van der Waals surface area contributed by atoms with E-state index in [0.717, 1.165) is 0 Å². The molecule has 0 spiro atoms. The first-order valence-electron chi connectivity index (χ1n) is 4.99.